The third kappa shape index (κ3) is 15.9. The second-order valence-electron chi connectivity index (χ2n) is 12.5. The molecule has 36 heavy (non-hydrogen) atoms. The van der Waals surface area contributed by atoms with Gasteiger partial charge in [0, 0.05) is 6.42 Å². The van der Waals surface area contributed by atoms with Gasteiger partial charge >= 0.3 is 11.9 Å². The van der Waals surface area contributed by atoms with Crippen molar-refractivity contribution in [1.29, 1.82) is 0 Å². The summed E-state index contributed by atoms with van der Waals surface area (Å²) >= 11 is 0. The summed E-state index contributed by atoms with van der Waals surface area (Å²) in [7, 11) is 0. The van der Waals surface area contributed by atoms with Crippen LogP contribution in [0.3, 0.4) is 0 Å². The molecule has 0 aromatic rings. The van der Waals surface area contributed by atoms with Gasteiger partial charge in [0.2, 0.25) is 0 Å². The molecule has 0 aliphatic rings. The van der Waals surface area contributed by atoms with Crippen LogP contribution in [0.2, 0.25) is 0 Å². The summed E-state index contributed by atoms with van der Waals surface area (Å²) in [6, 6.07) is 0. The molecular weight excluding hydrogens is 448 g/mol. The van der Waals surface area contributed by atoms with E-state index in [-0.39, 0.29) is 29.2 Å². The Kier molecular flexibility index (Phi) is 20.3. The summed E-state index contributed by atoms with van der Waals surface area (Å²) in [5.74, 6) is 1.96. The molecule has 0 rings (SSSR count). The molecule has 0 amide bonds. The van der Waals surface area contributed by atoms with Crippen molar-refractivity contribution in [3.05, 3.63) is 0 Å². The minimum atomic E-state index is -0.382. The van der Waals surface area contributed by atoms with Gasteiger partial charge in [-0.2, -0.15) is 0 Å². The molecule has 4 heteroatoms. The van der Waals surface area contributed by atoms with Crippen molar-refractivity contribution in [2.45, 2.75) is 152 Å². The van der Waals surface area contributed by atoms with Crippen molar-refractivity contribution in [3.8, 4) is 0 Å². The Morgan fingerprint density at radius 3 is 1.47 bits per heavy atom. The van der Waals surface area contributed by atoms with E-state index in [9.17, 15) is 9.59 Å². The van der Waals surface area contributed by atoms with E-state index in [1.807, 2.05) is 0 Å². The Labute approximate surface area is 225 Å². The summed E-state index contributed by atoms with van der Waals surface area (Å²) in [6.07, 6.45) is 15.9. The highest BCUT2D eigenvalue weighted by Gasteiger charge is 2.45. The van der Waals surface area contributed by atoms with Gasteiger partial charge in [-0.05, 0) is 62.2 Å². The first kappa shape index (κ1) is 34.9. The van der Waals surface area contributed by atoms with Crippen molar-refractivity contribution >= 4 is 11.9 Å². The fourth-order valence-electron chi connectivity index (χ4n) is 5.25. The molecule has 0 N–H and O–H groups in total. The van der Waals surface area contributed by atoms with E-state index in [1.54, 1.807) is 0 Å². The third-order valence-electron chi connectivity index (χ3n) is 7.76. The molecule has 0 spiro atoms. The van der Waals surface area contributed by atoms with Gasteiger partial charge in [-0.15, -0.1) is 0 Å². The van der Waals surface area contributed by atoms with Crippen molar-refractivity contribution < 1.29 is 19.1 Å². The molecule has 0 radical (unpaired) electrons. The third-order valence-corrected chi connectivity index (χ3v) is 7.76. The van der Waals surface area contributed by atoms with E-state index < -0.39 is 0 Å². The fraction of sp³-hybridized carbons (Fsp3) is 0.938. The predicted octanol–water partition coefficient (Wildman–Crippen LogP) is 9.53. The zero-order chi connectivity index (χ0) is 27.4. The van der Waals surface area contributed by atoms with Crippen molar-refractivity contribution in [2.24, 2.45) is 29.1 Å². The highest BCUT2D eigenvalue weighted by Crippen LogP contribution is 2.42. The first-order valence-corrected chi connectivity index (χ1v) is 15.4. The van der Waals surface area contributed by atoms with E-state index in [0.717, 1.165) is 63.7 Å². The van der Waals surface area contributed by atoms with E-state index in [1.165, 1.54) is 32.1 Å². The molecule has 0 bridgehead atoms. The van der Waals surface area contributed by atoms with Crippen LogP contribution in [-0.2, 0) is 19.1 Å². The van der Waals surface area contributed by atoms with Crippen LogP contribution in [0, 0.1) is 29.1 Å². The molecule has 0 aromatic carbocycles. The number of rotatable bonds is 23. The predicted molar refractivity (Wildman–Crippen MR) is 153 cm³/mol. The monoisotopic (exact) mass is 510 g/mol. The first-order chi connectivity index (χ1) is 17.0. The van der Waals surface area contributed by atoms with E-state index in [0.29, 0.717) is 25.6 Å². The van der Waals surface area contributed by atoms with Crippen LogP contribution in [0.15, 0.2) is 0 Å². The van der Waals surface area contributed by atoms with Crippen molar-refractivity contribution in [2.75, 3.05) is 13.2 Å². The van der Waals surface area contributed by atoms with Gasteiger partial charge in [0.15, 0.2) is 0 Å². The lowest BCUT2D eigenvalue weighted by Gasteiger charge is -2.39. The first-order valence-electron chi connectivity index (χ1n) is 15.4. The van der Waals surface area contributed by atoms with E-state index in [4.69, 9.17) is 9.47 Å². The maximum Gasteiger partial charge on any atom is 0.312 e. The van der Waals surface area contributed by atoms with Crippen LogP contribution in [-0.4, -0.2) is 25.2 Å². The minimum absolute atomic E-state index is 0.0175. The van der Waals surface area contributed by atoms with Gasteiger partial charge in [-0.25, -0.2) is 0 Å². The smallest absolute Gasteiger partial charge is 0.312 e. The van der Waals surface area contributed by atoms with E-state index >= 15 is 0 Å². The molecule has 0 saturated heterocycles. The normalized spacial score (nSPS) is 12.2. The lowest BCUT2D eigenvalue weighted by atomic mass is 9.66. The van der Waals surface area contributed by atoms with Crippen LogP contribution in [0.4, 0.5) is 0 Å². The van der Waals surface area contributed by atoms with Crippen LogP contribution < -0.4 is 0 Å². The largest absolute Gasteiger partial charge is 0.466 e. The summed E-state index contributed by atoms with van der Waals surface area (Å²) < 4.78 is 11.2. The number of carbonyl (C=O) groups is 2. The molecule has 0 atom stereocenters. The fourth-order valence-corrected chi connectivity index (χ4v) is 5.25. The maximum atomic E-state index is 13.2. The molecule has 0 aliphatic heterocycles. The number of unbranched alkanes of at least 4 members (excludes halogenated alkanes) is 8. The maximum absolute atomic E-state index is 13.2. The summed E-state index contributed by atoms with van der Waals surface area (Å²) in [4.78, 5) is 25.0. The second-order valence-corrected chi connectivity index (χ2v) is 12.5. The highest BCUT2D eigenvalue weighted by atomic mass is 16.5. The molecular formula is C32H62O4. The van der Waals surface area contributed by atoms with Gasteiger partial charge in [0.25, 0.3) is 0 Å². The highest BCUT2D eigenvalue weighted by molar-refractivity contribution is 5.77. The summed E-state index contributed by atoms with van der Waals surface area (Å²) in [5.41, 5.74) is -0.382. The zero-order valence-electron chi connectivity index (χ0n) is 25.5. The lowest BCUT2D eigenvalue weighted by Crippen LogP contribution is -2.42. The number of carbonyl (C=O) groups excluding carboxylic acids is 2. The Bertz CT molecular complexity index is 542. The number of hydrogen-bond acceptors (Lipinski definition) is 4. The Hall–Kier alpha value is -1.06. The van der Waals surface area contributed by atoms with Crippen LogP contribution in [0.1, 0.15) is 152 Å². The molecule has 0 fully saturated rings. The standard InChI is InChI=1S/C32H62O4/c1-26(2)20-15-18-24-35-30(33)22-14-12-10-9-11-13-17-23-32(28(5)6,29(7)8)31(34)36-25-19-16-21-27(3)4/h26-29H,9-25H2,1-8H3. The molecule has 0 heterocycles. The zero-order valence-corrected chi connectivity index (χ0v) is 25.5. The average molecular weight is 511 g/mol. The second kappa shape index (κ2) is 20.9. The molecule has 0 aromatic heterocycles. The quantitative estimate of drug-likeness (QED) is 0.101. The lowest BCUT2D eigenvalue weighted by molar-refractivity contribution is -0.164. The topological polar surface area (TPSA) is 52.6 Å². The Balaban J connectivity index is 4.10. The number of esters is 2. The molecule has 0 saturated carbocycles. The number of hydrogen-bond donors (Lipinski definition) is 0. The van der Waals surface area contributed by atoms with Crippen molar-refractivity contribution in [3.63, 3.8) is 0 Å². The molecule has 4 nitrogen and oxygen atoms in total. The van der Waals surface area contributed by atoms with Crippen molar-refractivity contribution in [1.82, 2.24) is 0 Å². The van der Waals surface area contributed by atoms with Crippen LogP contribution in [0.5, 0.6) is 0 Å². The van der Waals surface area contributed by atoms with Gasteiger partial charge in [0.05, 0.1) is 18.6 Å². The van der Waals surface area contributed by atoms with E-state index in [2.05, 4.69) is 55.4 Å². The molecule has 0 aliphatic carbocycles. The van der Waals surface area contributed by atoms with Gasteiger partial charge < -0.3 is 9.47 Å². The van der Waals surface area contributed by atoms with Gasteiger partial charge in [0.1, 0.15) is 0 Å². The van der Waals surface area contributed by atoms with Gasteiger partial charge in [-0.3, -0.25) is 9.59 Å². The molecule has 214 valence electrons. The van der Waals surface area contributed by atoms with Crippen LogP contribution in [0.25, 0.3) is 0 Å². The van der Waals surface area contributed by atoms with Crippen LogP contribution >= 0.6 is 0 Å². The Morgan fingerprint density at radius 2 is 1.00 bits per heavy atom. The minimum Gasteiger partial charge on any atom is -0.466 e. The SMILES string of the molecule is CC(C)CCCCOC(=O)CCCCCCCCCC(C(=O)OCCCCC(C)C)(C(C)C)C(C)C. The molecule has 0 unspecified atom stereocenters. The summed E-state index contributed by atoms with van der Waals surface area (Å²) in [6.45, 7) is 18.8. The van der Waals surface area contributed by atoms with Gasteiger partial charge in [-0.1, -0.05) is 107 Å². The number of ether oxygens (including phenoxy) is 2. The Morgan fingerprint density at radius 1 is 0.556 bits per heavy atom. The summed E-state index contributed by atoms with van der Waals surface area (Å²) in [5, 5.41) is 0. The average Bonchev–Trinajstić information content (AvgIpc) is 2.78.